The smallest absolute Gasteiger partial charge is 0.262 e. The summed E-state index contributed by atoms with van der Waals surface area (Å²) in [4.78, 5) is 0.345. The van der Waals surface area contributed by atoms with Gasteiger partial charge in [-0.3, -0.25) is 4.72 Å². The number of unbranched alkanes of at least 4 members (excludes halogenated alkanes) is 1. The van der Waals surface area contributed by atoms with Crippen LogP contribution in [-0.4, -0.2) is 8.42 Å². The zero-order chi connectivity index (χ0) is 16.2. The average molecular weight is 317 g/mol. The number of aryl methyl sites for hydroxylation is 3. The maximum absolute atomic E-state index is 12.7. The maximum Gasteiger partial charge on any atom is 0.262 e. The molecule has 0 heterocycles. The van der Waals surface area contributed by atoms with Gasteiger partial charge in [0, 0.05) is 0 Å². The Morgan fingerprint density at radius 2 is 1.77 bits per heavy atom. The standard InChI is InChI=1S/C18H23NO2S/c1-4-5-8-16-9-6-7-10-17(16)19-22(20,21)18-13-14(2)11-12-15(18)3/h6-7,9-13,19H,4-5,8H2,1-3H3. The third kappa shape index (κ3) is 3.89. The summed E-state index contributed by atoms with van der Waals surface area (Å²) in [5.41, 5.74) is 3.41. The maximum atomic E-state index is 12.7. The van der Waals surface area contributed by atoms with Gasteiger partial charge >= 0.3 is 0 Å². The van der Waals surface area contributed by atoms with Gasteiger partial charge in [0.05, 0.1) is 10.6 Å². The molecule has 0 fully saturated rings. The average Bonchev–Trinajstić information content (AvgIpc) is 2.48. The van der Waals surface area contributed by atoms with Gasteiger partial charge in [0.15, 0.2) is 0 Å². The second-order valence-corrected chi connectivity index (χ2v) is 7.29. The van der Waals surface area contributed by atoms with Crippen molar-refractivity contribution in [1.82, 2.24) is 0 Å². The van der Waals surface area contributed by atoms with Crippen molar-refractivity contribution in [3.05, 3.63) is 59.2 Å². The summed E-state index contributed by atoms with van der Waals surface area (Å²) >= 11 is 0. The molecular formula is C18H23NO2S. The van der Waals surface area contributed by atoms with E-state index in [4.69, 9.17) is 0 Å². The van der Waals surface area contributed by atoms with Crippen molar-refractivity contribution < 1.29 is 8.42 Å². The predicted octanol–water partition coefficient (Wildman–Crippen LogP) is 4.45. The van der Waals surface area contributed by atoms with Crippen LogP contribution in [0.1, 0.15) is 36.5 Å². The Labute approximate surface area is 133 Å². The van der Waals surface area contributed by atoms with E-state index in [-0.39, 0.29) is 0 Å². The fourth-order valence-corrected chi connectivity index (χ4v) is 3.83. The lowest BCUT2D eigenvalue weighted by molar-refractivity contribution is 0.600. The topological polar surface area (TPSA) is 46.2 Å². The number of hydrogen-bond donors (Lipinski definition) is 1. The second-order valence-electron chi connectivity index (χ2n) is 5.64. The van der Waals surface area contributed by atoms with Gasteiger partial charge in [-0.1, -0.05) is 43.7 Å². The van der Waals surface area contributed by atoms with E-state index >= 15 is 0 Å². The Morgan fingerprint density at radius 1 is 1.05 bits per heavy atom. The van der Waals surface area contributed by atoms with E-state index in [2.05, 4.69) is 11.6 Å². The molecule has 3 nitrogen and oxygen atoms in total. The van der Waals surface area contributed by atoms with Crippen molar-refractivity contribution in [2.24, 2.45) is 0 Å². The van der Waals surface area contributed by atoms with Gasteiger partial charge < -0.3 is 0 Å². The van der Waals surface area contributed by atoms with Crippen LogP contribution in [0, 0.1) is 13.8 Å². The zero-order valence-electron chi connectivity index (χ0n) is 13.4. The highest BCUT2D eigenvalue weighted by atomic mass is 32.2. The van der Waals surface area contributed by atoms with E-state index in [1.165, 1.54) is 0 Å². The van der Waals surface area contributed by atoms with Gasteiger partial charge in [-0.25, -0.2) is 8.42 Å². The minimum atomic E-state index is -3.56. The molecule has 2 aromatic carbocycles. The molecule has 2 aromatic rings. The lowest BCUT2D eigenvalue weighted by Gasteiger charge is -2.14. The van der Waals surface area contributed by atoms with Crippen LogP contribution in [-0.2, 0) is 16.4 Å². The first-order chi connectivity index (χ1) is 10.4. The van der Waals surface area contributed by atoms with Gasteiger partial charge in [0.1, 0.15) is 0 Å². The number of para-hydroxylation sites is 1. The molecule has 0 aliphatic carbocycles. The molecular weight excluding hydrogens is 294 g/mol. The van der Waals surface area contributed by atoms with Crippen LogP contribution in [0.25, 0.3) is 0 Å². The first-order valence-electron chi connectivity index (χ1n) is 7.62. The number of anilines is 1. The van der Waals surface area contributed by atoms with E-state index in [9.17, 15) is 8.42 Å². The second kappa shape index (κ2) is 6.97. The number of sulfonamides is 1. The SMILES string of the molecule is CCCCc1ccccc1NS(=O)(=O)c1cc(C)ccc1C. The van der Waals surface area contributed by atoms with Crippen LogP contribution in [0.3, 0.4) is 0 Å². The quantitative estimate of drug-likeness (QED) is 0.855. The summed E-state index contributed by atoms with van der Waals surface area (Å²) in [7, 11) is -3.56. The molecule has 4 heteroatoms. The largest absolute Gasteiger partial charge is 0.279 e. The molecule has 0 amide bonds. The Balaban J connectivity index is 2.35. The molecule has 0 unspecified atom stereocenters. The number of benzene rings is 2. The monoisotopic (exact) mass is 317 g/mol. The number of rotatable bonds is 6. The summed E-state index contributed by atoms with van der Waals surface area (Å²) in [6.07, 6.45) is 3.00. The molecule has 0 radical (unpaired) electrons. The highest BCUT2D eigenvalue weighted by Crippen LogP contribution is 2.24. The molecule has 0 saturated heterocycles. The van der Waals surface area contributed by atoms with E-state index in [0.717, 1.165) is 36.0 Å². The molecule has 0 spiro atoms. The van der Waals surface area contributed by atoms with Crippen LogP contribution in [0.2, 0.25) is 0 Å². The lowest BCUT2D eigenvalue weighted by Crippen LogP contribution is -2.15. The highest BCUT2D eigenvalue weighted by molar-refractivity contribution is 7.92. The Morgan fingerprint density at radius 3 is 2.50 bits per heavy atom. The van der Waals surface area contributed by atoms with E-state index in [0.29, 0.717) is 10.6 Å². The minimum Gasteiger partial charge on any atom is -0.279 e. The molecule has 22 heavy (non-hydrogen) atoms. The fraction of sp³-hybridized carbons (Fsp3) is 0.333. The minimum absolute atomic E-state index is 0.345. The van der Waals surface area contributed by atoms with Crippen LogP contribution < -0.4 is 4.72 Å². The predicted molar refractivity (Wildman–Crippen MR) is 91.8 cm³/mol. The third-order valence-electron chi connectivity index (χ3n) is 3.69. The van der Waals surface area contributed by atoms with Gasteiger partial charge in [0.25, 0.3) is 10.0 Å². The van der Waals surface area contributed by atoms with Gasteiger partial charge in [0.2, 0.25) is 0 Å². The molecule has 1 N–H and O–H groups in total. The third-order valence-corrected chi connectivity index (χ3v) is 5.20. The molecule has 0 atom stereocenters. The van der Waals surface area contributed by atoms with Gasteiger partial charge in [-0.2, -0.15) is 0 Å². The number of hydrogen-bond acceptors (Lipinski definition) is 2. The van der Waals surface area contributed by atoms with Crippen LogP contribution in [0.15, 0.2) is 47.4 Å². The first kappa shape index (κ1) is 16.6. The Bertz CT molecular complexity index is 751. The molecule has 0 aliphatic rings. The van der Waals surface area contributed by atoms with Crippen LogP contribution in [0.4, 0.5) is 5.69 Å². The van der Waals surface area contributed by atoms with Gasteiger partial charge in [-0.05, 0) is 55.5 Å². The van der Waals surface area contributed by atoms with Crippen molar-refractivity contribution >= 4 is 15.7 Å². The van der Waals surface area contributed by atoms with Crippen molar-refractivity contribution in [2.75, 3.05) is 4.72 Å². The summed E-state index contributed by atoms with van der Waals surface area (Å²) < 4.78 is 28.1. The Hall–Kier alpha value is -1.81. The van der Waals surface area contributed by atoms with Crippen molar-refractivity contribution in [3.8, 4) is 0 Å². The highest BCUT2D eigenvalue weighted by Gasteiger charge is 2.18. The van der Waals surface area contributed by atoms with Gasteiger partial charge in [-0.15, -0.1) is 0 Å². The zero-order valence-corrected chi connectivity index (χ0v) is 14.2. The van der Waals surface area contributed by atoms with Crippen LogP contribution >= 0.6 is 0 Å². The summed E-state index contributed by atoms with van der Waals surface area (Å²) in [6, 6.07) is 13.1. The van der Waals surface area contributed by atoms with Crippen LogP contribution in [0.5, 0.6) is 0 Å². The molecule has 2 rings (SSSR count). The first-order valence-corrected chi connectivity index (χ1v) is 9.10. The molecule has 0 aliphatic heterocycles. The van der Waals surface area contributed by atoms with Crippen molar-refractivity contribution in [3.63, 3.8) is 0 Å². The molecule has 0 bridgehead atoms. The summed E-state index contributed by atoms with van der Waals surface area (Å²) in [5, 5.41) is 0. The summed E-state index contributed by atoms with van der Waals surface area (Å²) in [6.45, 7) is 5.84. The van der Waals surface area contributed by atoms with E-state index in [1.54, 1.807) is 6.07 Å². The fourth-order valence-electron chi connectivity index (χ4n) is 2.40. The molecule has 0 saturated carbocycles. The Kier molecular flexibility index (Phi) is 5.24. The lowest BCUT2D eigenvalue weighted by atomic mass is 10.1. The molecule has 0 aromatic heterocycles. The summed E-state index contributed by atoms with van der Waals surface area (Å²) in [5.74, 6) is 0. The van der Waals surface area contributed by atoms with Crippen molar-refractivity contribution in [2.45, 2.75) is 44.9 Å². The normalized spacial score (nSPS) is 11.4. The van der Waals surface area contributed by atoms with E-state index < -0.39 is 10.0 Å². The van der Waals surface area contributed by atoms with Crippen molar-refractivity contribution in [1.29, 1.82) is 0 Å². The number of nitrogens with one attached hydrogen (secondary N) is 1. The molecule has 118 valence electrons. The van der Waals surface area contributed by atoms with E-state index in [1.807, 2.05) is 50.2 Å².